The highest BCUT2D eigenvalue weighted by atomic mass is 32.2. The Labute approximate surface area is 126 Å². The van der Waals surface area contributed by atoms with Gasteiger partial charge in [0.2, 0.25) is 0 Å². The Kier molecular flexibility index (Phi) is 5.96. The zero-order valence-electron chi connectivity index (χ0n) is 11.5. The van der Waals surface area contributed by atoms with Crippen molar-refractivity contribution in [2.75, 3.05) is 39.3 Å². The van der Waals surface area contributed by atoms with E-state index in [0.29, 0.717) is 41.9 Å². The number of hydrogen-bond donors (Lipinski definition) is 1. The van der Waals surface area contributed by atoms with Crippen LogP contribution in [0.15, 0.2) is 29.2 Å². The van der Waals surface area contributed by atoms with E-state index >= 15 is 0 Å². The van der Waals surface area contributed by atoms with Gasteiger partial charge in [-0.25, -0.2) is 0 Å². The lowest BCUT2D eigenvalue weighted by atomic mass is 10.2. The van der Waals surface area contributed by atoms with Crippen LogP contribution >= 0.6 is 11.8 Å². The van der Waals surface area contributed by atoms with Crippen LogP contribution in [0, 0.1) is 0 Å². The highest BCUT2D eigenvalue weighted by Gasteiger charge is 2.21. The van der Waals surface area contributed by atoms with Crippen LogP contribution in [-0.2, 0) is 0 Å². The number of carbonyl (C=O) groups is 1. The first-order valence-corrected chi connectivity index (χ1v) is 7.65. The SMILES string of the molecule is O=C(c1ccc(SC(F)F)cc1)N1CCN(CCO)CC1. The molecule has 1 saturated heterocycles. The summed E-state index contributed by atoms with van der Waals surface area (Å²) in [6, 6.07) is 6.28. The first-order chi connectivity index (χ1) is 10.1. The lowest BCUT2D eigenvalue weighted by molar-refractivity contribution is 0.0615. The van der Waals surface area contributed by atoms with E-state index in [2.05, 4.69) is 4.90 Å². The van der Waals surface area contributed by atoms with Crippen LogP contribution in [0.3, 0.4) is 0 Å². The third-order valence-electron chi connectivity index (χ3n) is 3.40. The molecule has 21 heavy (non-hydrogen) atoms. The number of benzene rings is 1. The molecule has 1 fully saturated rings. The van der Waals surface area contributed by atoms with Gasteiger partial charge in [0.05, 0.1) is 6.61 Å². The normalized spacial score (nSPS) is 16.5. The van der Waals surface area contributed by atoms with Gasteiger partial charge >= 0.3 is 0 Å². The van der Waals surface area contributed by atoms with Gasteiger partial charge in [0.15, 0.2) is 0 Å². The Hall–Kier alpha value is -1.18. The van der Waals surface area contributed by atoms with Crippen LogP contribution in [0.4, 0.5) is 8.78 Å². The van der Waals surface area contributed by atoms with E-state index in [1.54, 1.807) is 29.2 Å². The van der Waals surface area contributed by atoms with Crippen molar-refractivity contribution >= 4 is 17.7 Å². The molecule has 2 rings (SSSR count). The summed E-state index contributed by atoms with van der Waals surface area (Å²) in [5.74, 6) is -2.53. The van der Waals surface area contributed by atoms with Gasteiger partial charge in [-0.15, -0.1) is 0 Å². The maximum atomic E-state index is 12.3. The molecule has 116 valence electrons. The second-order valence-corrected chi connectivity index (χ2v) is 5.82. The molecule has 1 aromatic carbocycles. The smallest absolute Gasteiger partial charge is 0.288 e. The third kappa shape index (κ3) is 4.66. The summed E-state index contributed by atoms with van der Waals surface area (Å²) in [6.45, 7) is 3.47. The van der Waals surface area contributed by atoms with Gasteiger partial charge in [0.1, 0.15) is 0 Å². The van der Waals surface area contributed by atoms with Gasteiger partial charge in [0, 0.05) is 43.2 Å². The number of rotatable bonds is 5. The number of aliphatic hydroxyl groups is 1. The molecule has 1 aliphatic heterocycles. The van der Waals surface area contributed by atoms with Gasteiger partial charge in [-0.05, 0) is 24.3 Å². The minimum Gasteiger partial charge on any atom is -0.395 e. The molecule has 0 saturated carbocycles. The molecule has 7 heteroatoms. The number of thioether (sulfide) groups is 1. The molecule has 0 radical (unpaired) electrons. The van der Waals surface area contributed by atoms with Crippen molar-refractivity contribution in [3.8, 4) is 0 Å². The monoisotopic (exact) mass is 316 g/mol. The quantitative estimate of drug-likeness (QED) is 0.841. The van der Waals surface area contributed by atoms with Crippen LogP contribution in [0.25, 0.3) is 0 Å². The molecular formula is C14H18F2N2O2S. The fraction of sp³-hybridized carbons (Fsp3) is 0.500. The standard InChI is InChI=1S/C14H18F2N2O2S/c15-14(16)21-12-3-1-11(2-4-12)13(20)18-7-5-17(6-8-18)9-10-19/h1-4,14,19H,5-10H2. The van der Waals surface area contributed by atoms with Crippen molar-refractivity contribution in [2.45, 2.75) is 10.7 Å². The molecule has 0 aliphatic carbocycles. The Balaban J connectivity index is 1.91. The van der Waals surface area contributed by atoms with Crippen molar-refractivity contribution in [1.82, 2.24) is 9.80 Å². The fourth-order valence-corrected chi connectivity index (χ4v) is 2.78. The van der Waals surface area contributed by atoms with E-state index in [9.17, 15) is 13.6 Å². The molecule has 0 unspecified atom stereocenters. The molecule has 0 atom stereocenters. The molecule has 1 N–H and O–H groups in total. The minimum absolute atomic E-state index is 0.0766. The molecular weight excluding hydrogens is 298 g/mol. The summed E-state index contributed by atoms with van der Waals surface area (Å²) in [6.07, 6.45) is 0. The minimum atomic E-state index is -2.45. The van der Waals surface area contributed by atoms with Gasteiger partial charge in [0.25, 0.3) is 11.7 Å². The van der Waals surface area contributed by atoms with Crippen molar-refractivity contribution < 1.29 is 18.7 Å². The van der Waals surface area contributed by atoms with Crippen molar-refractivity contribution in [3.05, 3.63) is 29.8 Å². The van der Waals surface area contributed by atoms with Gasteiger partial charge < -0.3 is 10.0 Å². The van der Waals surface area contributed by atoms with Crippen molar-refractivity contribution in [3.63, 3.8) is 0 Å². The number of nitrogens with zero attached hydrogens (tertiary/aromatic N) is 2. The van der Waals surface area contributed by atoms with E-state index in [1.165, 1.54) is 0 Å². The largest absolute Gasteiger partial charge is 0.395 e. The average molecular weight is 316 g/mol. The topological polar surface area (TPSA) is 43.8 Å². The number of piperazine rings is 1. The average Bonchev–Trinajstić information content (AvgIpc) is 2.48. The Morgan fingerprint density at radius 2 is 1.81 bits per heavy atom. The van der Waals surface area contributed by atoms with E-state index in [-0.39, 0.29) is 12.5 Å². The first-order valence-electron chi connectivity index (χ1n) is 6.77. The van der Waals surface area contributed by atoms with Gasteiger partial charge in [-0.2, -0.15) is 8.78 Å². The van der Waals surface area contributed by atoms with Crippen LogP contribution < -0.4 is 0 Å². The number of carbonyl (C=O) groups excluding carboxylic acids is 1. The Morgan fingerprint density at radius 1 is 1.19 bits per heavy atom. The fourth-order valence-electron chi connectivity index (χ4n) is 2.28. The zero-order chi connectivity index (χ0) is 15.2. The molecule has 4 nitrogen and oxygen atoms in total. The summed E-state index contributed by atoms with van der Waals surface area (Å²) in [5, 5.41) is 8.88. The van der Waals surface area contributed by atoms with Gasteiger partial charge in [-0.1, -0.05) is 11.8 Å². The predicted octanol–water partition coefficient (Wildman–Crippen LogP) is 1.75. The molecule has 1 amide bonds. The van der Waals surface area contributed by atoms with E-state index in [1.807, 2.05) is 0 Å². The van der Waals surface area contributed by atoms with E-state index < -0.39 is 5.76 Å². The maximum Gasteiger partial charge on any atom is 0.288 e. The molecule has 0 aromatic heterocycles. The summed E-state index contributed by atoms with van der Waals surface area (Å²) in [5.41, 5.74) is 0.518. The predicted molar refractivity (Wildman–Crippen MR) is 77.7 cm³/mol. The van der Waals surface area contributed by atoms with Crippen molar-refractivity contribution in [2.24, 2.45) is 0 Å². The van der Waals surface area contributed by atoms with E-state index in [4.69, 9.17) is 5.11 Å². The van der Waals surface area contributed by atoms with E-state index in [0.717, 1.165) is 13.1 Å². The van der Waals surface area contributed by atoms with Crippen LogP contribution in [0.5, 0.6) is 0 Å². The molecule has 1 aromatic rings. The first kappa shape index (κ1) is 16.2. The maximum absolute atomic E-state index is 12.3. The number of halogens is 2. The van der Waals surface area contributed by atoms with Crippen LogP contribution in [0.2, 0.25) is 0 Å². The number of aliphatic hydroxyl groups excluding tert-OH is 1. The number of β-amino-alcohol motifs (C(OH)–C–C–N with tert-alkyl or cyclic N) is 1. The lowest BCUT2D eigenvalue weighted by Gasteiger charge is -2.34. The van der Waals surface area contributed by atoms with Crippen LogP contribution in [0.1, 0.15) is 10.4 Å². The third-order valence-corrected chi connectivity index (χ3v) is 4.12. The summed E-state index contributed by atoms with van der Waals surface area (Å²) >= 11 is 0.472. The summed E-state index contributed by atoms with van der Waals surface area (Å²) in [4.78, 5) is 16.6. The van der Waals surface area contributed by atoms with Crippen molar-refractivity contribution in [1.29, 1.82) is 0 Å². The Bertz CT molecular complexity index is 463. The number of hydrogen-bond acceptors (Lipinski definition) is 4. The second-order valence-electron chi connectivity index (χ2n) is 4.76. The second kappa shape index (κ2) is 7.72. The molecule has 0 spiro atoms. The highest BCUT2D eigenvalue weighted by molar-refractivity contribution is 7.99. The summed E-state index contributed by atoms with van der Waals surface area (Å²) < 4.78 is 24.5. The zero-order valence-corrected chi connectivity index (χ0v) is 12.4. The van der Waals surface area contributed by atoms with Gasteiger partial charge in [-0.3, -0.25) is 9.69 Å². The lowest BCUT2D eigenvalue weighted by Crippen LogP contribution is -2.49. The molecule has 0 bridgehead atoms. The summed E-state index contributed by atoms with van der Waals surface area (Å²) in [7, 11) is 0. The van der Waals surface area contributed by atoms with Crippen LogP contribution in [-0.4, -0.2) is 65.9 Å². The number of amides is 1. The Morgan fingerprint density at radius 3 is 2.33 bits per heavy atom. The highest BCUT2D eigenvalue weighted by Crippen LogP contribution is 2.25. The molecule has 1 heterocycles. The number of alkyl halides is 2. The molecule has 1 aliphatic rings.